The van der Waals surface area contributed by atoms with Crippen LogP contribution in [-0.2, 0) is 9.84 Å². The van der Waals surface area contributed by atoms with E-state index in [2.05, 4.69) is 4.99 Å². The average molecular weight is 355 g/mol. The lowest BCUT2D eigenvalue weighted by molar-refractivity contribution is -0.149. The van der Waals surface area contributed by atoms with Crippen molar-refractivity contribution >= 4 is 21.4 Å². The fourth-order valence-electron chi connectivity index (χ4n) is 1.58. The highest BCUT2D eigenvalue weighted by molar-refractivity contribution is 7.92. The van der Waals surface area contributed by atoms with Crippen LogP contribution >= 0.6 is 0 Å². The maximum Gasteiger partial charge on any atom is 0.415 e. The molecule has 0 aromatic heterocycles. The molecule has 23 heavy (non-hydrogen) atoms. The van der Waals surface area contributed by atoms with Crippen LogP contribution in [0, 0.1) is 5.82 Å². The molecule has 1 rings (SSSR count). The van der Waals surface area contributed by atoms with Crippen molar-refractivity contribution in [2.24, 2.45) is 10.7 Å². The summed E-state index contributed by atoms with van der Waals surface area (Å²) in [5, 5.41) is 0. The molecule has 0 saturated carbocycles. The number of hydrogen-bond acceptors (Lipinski definition) is 4. The van der Waals surface area contributed by atoms with E-state index in [1.165, 1.54) is 0 Å². The number of nitrogens with two attached hydrogens (primary N) is 2. The Kier molecular flexibility index (Phi) is 5.00. The molecule has 130 valence electrons. The Morgan fingerprint density at radius 2 is 1.78 bits per heavy atom. The maximum absolute atomic E-state index is 13.7. The predicted octanol–water partition coefficient (Wildman–Crippen LogP) is 2.19. The quantitative estimate of drug-likeness (QED) is 0.374. The molecule has 1 unspecified atom stereocenters. The SMILES string of the molecule is CC(C)(C(N)=NC(c1cc(N)ccc1F)C(F)(F)F)S(C)(=O)=O. The van der Waals surface area contributed by atoms with Gasteiger partial charge in [-0.15, -0.1) is 0 Å². The number of halogens is 4. The Labute approximate surface area is 131 Å². The van der Waals surface area contributed by atoms with E-state index in [1.54, 1.807) is 0 Å². The van der Waals surface area contributed by atoms with Gasteiger partial charge in [-0.1, -0.05) is 0 Å². The van der Waals surface area contributed by atoms with Gasteiger partial charge in [-0.2, -0.15) is 13.2 Å². The van der Waals surface area contributed by atoms with E-state index in [1.807, 2.05) is 0 Å². The van der Waals surface area contributed by atoms with Gasteiger partial charge in [0.25, 0.3) is 0 Å². The van der Waals surface area contributed by atoms with E-state index >= 15 is 0 Å². The van der Waals surface area contributed by atoms with Crippen LogP contribution in [-0.4, -0.2) is 31.4 Å². The van der Waals surface area contributed by atoms with Crippen LogP contribution in [0.5, 0.6) is 0 Å². The zero-order chi connectivity index (χ0) is 18.2. The third-order valence-corrected chi connectivity index (χ3v) is 5.50. The van der Waals surface area contributed by atoms with Crippen LogP contribution in [0.1, 0.15) is 25.5 Å². The smallest absolute Gasteiger partial charge is 0.399 e. The highest BCUT2D eigenvalue weighted by Gasteiger charge is 2.44. The Bertz CT molecular complexity index is 727. The molecular weight excluding hydrogens is 338 g/mol. The van der Waals surface area contributed by atoms with E-state index in [0.717, 1.165) is 38.3 Å². The lowest BCUT2D eigenvalue weighted by Crippen LogP contribution is -2.45. The molecule has 4 N–H and O–H groups in total. The molecule has 0 bridgehead atoms. The molecule has 1 atom stereocenters. The summed E-state index contributed by atoms with van der Waals surface area (Å²) in [6.45, 7) is 2.23. The number of alkyl halides is 3. The molecule has 0 saturated heterocycles. The third-order valence-electron chi connectivity index (χ3n) is 3.44. The molecule has 5 nitrogen and oxygen atoms in total. The minimum absolute atomic E-state index is 0.0909. The van der Waals surface area contributed by atoms with Crippen LogP contribution in [0.15, 0.2) is 23.2 Å². The van der Waals surface area contributed by atoms with E-state index in [-0.39, 0.29) is 5.69 Å². The van der Waals surface area contributed by atoms with Gasteiger partial charge < -0.3 is 11.5 Å². The van der Waals surface area contributed by atoms with Crippen molar-refractivity contribution in [2.75, 3.05) is 12.0 Å². The molecule has 0 amide bonds. The normalized spacial score (nSPS) is 15.5. The van der Waals surface area contributed by atoms with Crippen LogP contribution in [0.25, 0.3) is 0 Å². The van der Waals surface area contributed by atoms with Crippen molar-refractivity contribution in [3.63, 3.8) is 0 Å². The Morgan fingerprint density at radius 3 is 2.22 bits per heavy atom. The number of nitrogen functional groups attached to an aromatic ring is 1. The zero-order valence-electron chi connectivity index (χ0n) is 12.6. The molecule has 1 aromatic carbocycles. The van der Waals surface area contributed by atoms with Crippen LogP contribution in [0.2, 0.25) is 0 Å². The summed E-state index contributed by atoms with van der Waals surface area (Å²) in [6.07, 6.45) is -4.16. The Balaban J connectivity index is 3.52. The first-order valence-electron chi connectivity index (χ1n) is 6.33. The minimum Gasteiger partial charge on any atom is -0.399 e. The second-order valence-electron chi connectivity index (χ2n) is 5.52. The van der Waals surface area contributed by atoms with E-state index in [9.17, 15) is 26.0 Å². The fraction of sp³-hybridized carbons (Fsp3) is 0.462. The first-order chi connectivity index (χ1) is 10.2. The minimum atomic E-state index is -4.98. The second kappa shape index (κ2) is 5.99. The van der Waals surface area contributed by atoms with Crippen molar-refractivity contribution in [1.82, 2.24) is 0 Å². The van der Waals surface area contributed by atoms with E-state index in [4.69, 9.17) is 11.5 Å². The molecule has 0 aliphatic rings. The van der Waals surface area contributed by atoms with E-state index < -0.39 is 44.0 Å². The predicted molar refractivity (Wildman–Crippen MR) is 80.2 cm³/mol. The van der Waals surface area contributed by atoms with Crippen molar-refractivity contribution in [2.45, 2.75) is 30.8 Å². The number of anilines is 1. The summed E-state index contributed by atoms with van der Waals surface area (Å²) in [6, 6.07) is 0.000868. The number of rotatable bonds is 4. The van der Waals surface area contributed by atoms with E-state index in [0.29, 0.717) is 0 Å². The number of benzene rings is 1. The standard InChI is InChI=1S/C13H17F4N3O2S/c1-12(2,23(3,21)22)11(19)20-10(13(15,16)17)8-6-7(18)4-5-9(8)14/h4-6,10H,18H2,1-3H3,(H2,19,20). The maximum atomic E-state index is 13.7. The van der Waals surface area contributed by atoms with Crippen molar-refractivity contribution in [3.8, 4) is 0 Å². The van der Waals surface area contributed by atoms with Gasteiger partial charge in [0.15, 0.2) is 15.9 Å². The monoisotopic (exact) mass is 355 g/mol. The zero-order valence-corrected chi connectivity index (χ0v) is 13.5. The molecule has 0 aliphatic carbocycles. The molecular formula is C13H17F4N3O2S. The molecule has 0 spiro atoms. The molecule has 0 aliphatic heterocycles. The molecule has 0 heterocycles. The topological polar surface area (TPSA) is 98.5 Å². The lowest BCUT2D eigenvalue weighted by Gasteiger charge is -2.25. The van der Waals surface area contributed by atoms with Crippen molar-refractivity contribution in [3.05, 3.63) is 29.6 Å². The number of amidine groups is 1. The van der Waals surface area contributed by atoms with Gasteiger partial charge in [0.2, 0.25) is 0 Å². The highest BCUT2D eigenvalue weighted by Crippen LogP contribution is 2.38. The first kappa shape index (κ1) is 19.2. The second-order valence-corrected chi connectivity index (χ2v) is 8.09. The fourth-order valence-corrected chi connectivity index (χ4v) is 2.01. The van der Waals surface area contributed by atoms with Crippen LogP contribution in [0.4, 0.5) is 23.2 Å². The highest BCUT2D eigenvalue weighted by atomic mass is 32.2. The first-order valence-corrected chi connectivity index (χ1v) is 8.22. The molecule has 0 fully saturated rings. The molecule has 1 aromatic rings. The Hall–Kier alpha value is -1.84. The van der Waals surface area contributed by atoms with Gasteiger partial charge in [0.05, 0.1) is 0 Å². The summed E-state index contributed by atoms with van der Waals surface area (Å²) in [5.74, 6) is -1.95. The molecule has 10 heteroatoms. The number of hydrogen-bond donors (Lipinski definition) is 2. The number of sulfone groups is 1. The molecule has 0 radical (unpaired) electrons. The number of nitrogens with zero attached hydrogens (tertiary/aromatic N) is 1. The summed E-state index contributed by atoms with van der Waals surface area (Å²) in [7, 11) is -3.83. The van der Waals surface area contributed by atoms with Crippen molar-refractivity contribution in [1.29, 1.82) is 0 Å². The van der Waals surface area contributed by atoms with Gasteiger partial charge in [0.1, 0.15) is 16.4 Å². The van der Waals surface area contributed by atoms with Gasteiger partial charge in [-0.25, -0.2) is 12.8 Å². The van der Waals surface area contributed by atoms with Crippen LogP contribution < -0.4 is 11.5 Å². The third kappa shape index (κ3) is 4.12. The van der Waals surface area contributed by atoms with Crippen molar-refractivity contribution < 1.29 is 26.0 Å². The van der Waals surface area contributed by atoms with Gasteiger partial charge in [0, 0.05) is 17.5 Å². The Morgan fingerprint density at radius 1 is 1.26 bits per heavy atom. The van der Waals surface area contributed by atoms with Gasteiger partial charge in [-0.05, 0) is 32.0 Å². The van der Waals surface area contributed by atoms with Gasteiger partial charge in [-0.3, -0.25) is 4.99 Å². The lowest BCUT2D eigenvalue weighted by atomic mass is 10.0. The number of aliphatic imine (C=N–C) groups is 1. The summed E-state index contributed by atoms with van der Waals surface area (Å²) in [4.78, 5) is 3.25. The largest absolute Gasteiger partial charge is 0.415 e. The average Bonchev–Trinajstić information content (AvgIpc) is 2.36. The van der Waals surface area contributed by atoms with Crippen LogP contribution in [0.3, 0.4) is 0 Å². The summed E-state index contributed by atoms with van der Waals surface area (Å²) in [5.41, 5.74) is 9.94. The van der Waals surface area contributed by atoms with Gasteiger partial charge >= 0.3 is 6.18 Å². The summed E-state index contributed by atoms with van der Waals surface area (Å²) >= 11 is 0. The summed E-state index contributed by atoms with van der Waals surface area (Å²) < 4.78 is 74.9.